The fourth-order valence-electron chi connectivity index (χ4n) is 1.93. The lowest BCUT2D eigenvalue weighted by atomic mass is 10.2. The van der Waals surface area contributed by atoms with Gasteiger partial charge in [0.25, 0.3) is 0 Å². The maximum Gasteiger partial charge on any atom is 0.243 e. The molecule has 2 rings (SSSR count). The van der Waals surface area contributed by atoms with Crippen LogP contribution in [0, 0.1) is 5.92 Å². The molecule has 0 atom stereocenters. The lowest BCUT2D eigenvalue weighted by molar-refractivity contribution is -0.118. The van der Waals surface area contributed by atoms with Crippen molar-refractivity contribution >= 4 is 21.6 Å². The van der Waals surface area contributed by atoms with E-state index < -0.39 is 10.0 Å². The fraction of sp³-hybridized carbons (Fsp3) is 0.500. The monoisotopic (exact) mass is 312 g/mol. The number of rotatable bonds is 4. The van der Waals surface area contributed by atoms with Gasteiger partial charge in [0, 0.05) is 24.7 Å². The number of sulfonamides is 1. The van der Waals surface area contributed by atoms with E-state index in [-0.39, 0.29) is 16.7 Å². The highest BCUT2D eigenvalue weighted by atomic mass is 32.2. The number of benzene rings is 1. The molecule has 0 spiro atoms. The average Bonchev–Trinajstić information content (AvgIpc) is 2.48. The Hall–Kier alpha value is -1.44. The van der Waals surface area contributed by atoms with Crippen molar-refractivity contribution < 1.29 is 17.9 Å². The van der Waals surface area contributed by atoms with E-state index in [0.29, 0.717) is 32.0 Å². The number of amides is 1. The number of morpholine rings is 1. The van der Waals surface area contributed by atoms with Crippen LogP contribution < -0.4 is 5.32 Å². The Morgan fingerprint density at radius 1 is 1.19 bits per heavy atom. The lowest BCUT2D eigenvalue weighted by Crippen LogP contribution is -2.40. The highest BCUT2D eigenvalue weighted by molar-refractivity contribution is 7.89. The molecule has 116 valence electrons. The quantitative estimate of drug-likeness (QED) is 0.909. The van der Waals surface area contributed by atoms with Crippen LogP contribution in [0.1, 0.15) is 13.8 Å². The van der Waals surface area contributed by atoms with E-state index in [0.717, 1.165) is 0 Å². The second-order valence-corrected chi connectivity index (χ2v) is 7.12. The first kappa shape index (κ1) is 15.9. The topological polar surface area (TPSA) is 75.7 Å². The van der Waals surface area contributed by atoms with Gasteiger partial charge in [0.2, 0.25) is 15.9 Å². The van der Waals surface area contributed by atoms with Crippen molar-refractivity contribution in [2.24, 2.45) is 5.92 Å². The Bertz CT molecular complexity index is 590. The van der Waals surface area contributed by atoms with Crippen LogP contribution >= 0.6 is 0 Å². The molecule has 0 aromatic heterocycles. The third-order valence-electron chi connectivity index (χ3n) is 3.25. The summed E-state index contributed by atoms with van der Waals surface area (Å²) in [7, 11) is -3.48. The highest BCUT2D eigenvalue weighted by Crippen LogP contribution is 2.19. The molecule has 0 aliphatic carbocycles. The number of hydrogen-bond donors (Lipinski definition) is 1. The maximum atomic E-state index is 12.4. The third kappa shape index (κ3) is 3.81. The fourth-order valence-corrected chi connectivity index (χ4v) is 3.34. The number of hydrogen-bond acceptors (Lipinski definition) is 4. The molecule has 21 heavy (non-hydrogen) atoms. The first-order valence-corrected chi connectivity index (χ1v) is 8.34. The van der Waals surface area contributed by atoms with Crippen molar-refractivity contribution in [3.05, 3.63) is 24.3 Å². The minimum absolute atomic E-state index is 0.0983. The van der Waals surface area contributed by atoms with Crippen molar-refractivity contribution in [2.45, 2.75) is 18.7 Å². The van der Waals surface area contributed by atoms with E-state index in [2.05, 4.69) is 5.32 Å². The zero-order valence-corrected chi connectivity index (χ0v) is 13.0. The molecule has 1 N–H and O–H groups in total. The average molecular weight is 312 g/mol. The molecule has 0 radical (unpaired) electrons. The molecule has 0 saturated carbocycles. The number of ether oxygens (including phenoxy) is 1. The molecule has 1 amide bonds. The lowest BCUT2D eigenvalue weighted by Gasteiger charge is -2.26. The van der Waals surface area contributed by atoms with E-state index in [4.69, 9.17) is 4.74 Å². The van der Waals surface area contributed by atoms with Gasteiger partial charge in [-0.15, -0.1) is 0 Å². The van der Waals surface area contributed by atoms with Gasteiger partial charge in [-0.1, -0.05) is 13.8 Å². The largest absolute Gasteiger partial charge is 0.379 e. The molecule has 0 bridgehead atoms. The van der Waals surface area contributed by atoms with Crippen molar-refractivity contribution in [1.82, 2.24) is 4.31 Å². The summed E-state index contributed by atoms with van der Waals surface area (Å²) in [5, 5.41) is 2.73. The molecule has 6 nitrogen and oxygen atoms in total. The van der Waals surface area contributed by atoms with E-state index in [9.17, 15) is 13.2 Å². The SMILES string of the molecule is CC(C)C(=O)Nc1ccc(S(=O)(=O)N2CCOCC2)cc1. The summed E-state index contributed by atoms with van der Waals surface area (Å²) in [5.74, 6) is -0.222. The summed E-state index contributed by atoms with van der Waals surface area (Å²) in [6.07, 6.45) is 0. The van der Waals surface area contributed by atoms with Crippen molar-refractivity contribution in [3.63, 3.8) is 0 Å². The Morgan fingerprint density at radius 3 is 2.29 bits per heavy atom. The van der Waals surface area contributed by atoms with Crippen LogP contribution in [-0.2, 0) is 19.6 Å². The summed E-state index contributed by atoms with van der Waals surface area (Å²) in [5.41, 5.74) is 0.592. The maximum absolute atomic E-state index is 12.4. The molecule has 1 aromatic rings. The predicted octanol–water partition coefficient (Wildman–Crippen LogP) is 1.30. The summed E-state index contributed by atoms with van der Waals surface area (Å²) in [6, 6.07) is 6.24. The van der Waals surface area contributed by atoms with Gasteiger partial charge in [-0.2, -0.15) is 4.31 Å². The molecule has 1 aliphatic rings. The zero-order chi connectivity index (χ0) is 15.5. The smallest absolute Gasteiger partial charge is 0.243 e. The minimum Gasteiger partial charge on any atom is -0.379 e. The molecule has 1 aromatic carbocycles. The molecule has 1 fully saturated rings. The Morgan fingerprint density at radius 2 is 1.76 bits per heavy atom. The van der Waals surface area contributed by atoms with Crippen LogP contribution in [0.15, 0.2) is 29.2 Å². The molecule has 0 unspecified atom stereocenters. The minimum atomic E-state index is -3.48. The molecule has 1 aliphatic heterocycles. The standard InChI is InChI=1S/C14H20N2O4S/c1-11(2)14(17)15-12-3-5-13(6-4-12)21(18,19)16-7-9-20-10-8-16/h3-6,11H,7-10H2,1-2H3,(H,15,17). The number of nitrogens with zero attached hydrogens (tertiary/aromatic N) is 1. The number of anilines is 1. The Balaban J connectivity index is 2.12. The molecule has 1 saturated heterocycles. The number of carbonyl (C=O) groups is 1. The Labute approximate surface area is 125 Å². The number of nitrogens with one attached hydrogen (secondary N) is 1. The van der Waals surface area contributed by atoms with Crippen molar-refractivity contribution in [2.75, 3.05) is 31.6 Å². The van der Waals surface area contributed by atoms with Crippen LogP contribution in [0.4, 0.5) is 5.69 Å². The van der Waals surface area contributed by atoms with Gasteiger partial charge < -0.3 is 10.1 Å². The third-order valence-corrected chi connectivity index (χ3v) is 5.17. The summed E-state index contributed by atoms with van der Waals surface area (Å²) in [6.45, 7) is 5.17. The molecule has 7 heteroatoms. The van der Waals surface area contributed by atoms with Gasteiger partial charge in [0.05, 0.1) is 18.1 Å². The van der Waals surface area contributed by atoms with Crippen LogP contribution in [0.2, 0.25) is 0 Å². The van der Waals surface area contributed by atoms with Gasteiger partial charge in [-0.25, -0.2) is 8.42 Å². The number of carbonyl (C=O) groups excluding carboxylic acids is 1. The van der Waals surface area contributed by atoms with Gasteiger partial charge in [0.15, 0.2) is 0 Å². The molecular formula is C14H20N2O4S. The van der Waals surface area contributed by atoms with E-state index in [1.807, 2.05) is 0 Å². The Kier molecular flexibility index (Phi) is 4.97. The summed E-state index contributed by atoms with van der Waals surface area (Å²) >= 11 is 0. The van der Waals surface area contributed by atoms with Crippen LogP contribution in [-0.4, -0.2) is 44.9 Å². The van der Waals surface area contributed by atoms with Crippen LogP contribution in [0.5, 0.6) is 0 Å². The molecular weight excluding hydrogens is 292 g/mol. The van der Waals surface area contributed by atoms with E-state index in [1.165, 1.54) is 16.4 Å². The van der Waals surface area contributed by atoms with E-state index in [1.54, 1.807) is 26.0 Å². The van der Waals surface area contributed by atoms with Gasteiger partial charge in [0.1, 0.15) is 0 Å². The predicted molar refractivity (Wildman–Crippen MR) is 79.5 cm³/mol. The van der Waals surface area contributed by atoms with Crippen molar-refractivity contribution in [1.29, 1.82) is 0 Å². The van der Waals surface area contributed by atoms with Crippen LogP contribution in [0.25, 0.3) is 0 Å². The van der Waals surface area contributed by atoms with E-state index >= 15 is 0 Å². The van der Waals surface area contributed by atoms with Crippen LogP contribution in [0.3, 0.4) is 0 Å². The first-order chi connectivity index (χ1) is 9.91. The van der Waals surface area contributed by atoms with Gasteiger partial charge in [-0.05, 0) is 24.3 Å². The van der Waals surface area contributed by atoms with Gasteiger partial charge >= 0.3 is 0 Å². The highest BCUT2D eigenvalue weighted by Gasteiger charge is 2.26. The summed E-state index contributed by atoms with van der Waals surface area (Å²) in [4.78, 5) is 11.8. The summed E-state index contributed by atoms with van der Waals surface area (Å²) < 4.78 is 31.4. The molecule has 1 heterocycles. The van der Waals surface area contributed by atoms with Crippen molar-refractivity contribution in [3.8, 4) is 0 Å². The second-order valence-electron chi connectivity index (χ2n) is 5.18. The normalized spacial score (nSPS) is 16.9. The van der Waals surface area contributed by atoms with Gasteiger partial charge in [-0.3, -0.25) is 4.79 Å². The zero-order valence-electron chi connectivity index (χ0n) is 12.2. The second kappa shape index (κ2) is 6.55. The first-order valence-electron chi connectivity index (χ1n) is 6.90.